The molecule has 1 aromatic carbocycles. The fraction of sp³-hybridized carbons (Fsp3) is 0.417. The fourth-order valence-electron chi connectivity index (χ4n) is 1.94. The first-order chi connectivity index (χ1) is 7.50. The number of carbonyl (C=O) groups excluding carboxylic acids is 1. The van der Waals surface area contributed by atoms with Gasteiger partial charge in [-0.1, -0.05) is 6.07 Å². The molecule has 0 saturated heterocycles. The topological polar surface area (TPSA) is 20.3 Å². The molecule has 0 aromatic heterocycles. The molecule has 0 unspecified atom stereocenters. The van der Waals surface area contributed by atoms with Crippen molar-refractivity contribution in [2.24, 2.45) is 0 Å². The minimum absolute atomic E-state index is 0.00455. The number of benzene rings is 1. The summed E-state index contributed by atoms with van der Waals surface area (Å²) in [6.45, 7) is 1.50. The number of nitrogens with zero attached hydrogens (tertiary/aromatic N) is 1. The number of hydrogen-bond donors (Lipinski definition) is 0. The molecule has 1 fully saturated rings. The largest absolute Gasteiger partial charge is 0.342 e. The van der Waals surface area contributed by atoms with Crippen molar-refractivity contribution in [1.82, 2.24) is 4.90 Å². The van der Waals surface area contributed by atoms with Gasteiger partial charge in [0.1, 0.15) is 0 Å². The quantitative estimate of drug-likeness (QED) is 0.756. The van der Waals surface area contributed by atoms with Gasteiger partial charge in [-0.2, -0.15) is 0 Å². The molecular weight excluding hydrogens is 212 g/mol. The van der Waals surface area contributed by atoms with E-state index >= 15 is 0 Å². The maximum absolute atomic E-state index is 13.0. The molecule has 0 spiro atoms. The molecule has 86 valence electrons. The lowest BCUT2D eigenvalue weighted by Gasteiger charge is -2.14. The molecule has 16 heavy (non-hydrogen) atoms. The van der Waals surface area contributed by atoms with Gasteiger partial charge in [-0.15, -0.1) is 0 Å². The first-order valence-electron chi connectivity index (χ1n) is 5.19. The second-order valence-electron chi connectivity index (χ2n) is 4.21. The minimum Gasteiger partial charge on any atom is -0.342 e. The summed E-state index contributed by atoms with van der Waals surface area (Å²) in [6, 6.07) is 4.06. The normalized spacial score (nSPS) is 23.0. The van der Waals surface area contributed by atoms with Crippen molar-refractivity contribution >= 4 is 5.91 Å². The van der Waals surface area contributed by atoms with Gasteiger partial charge < -0.3 is 4.90 Å². The Bertz CT molecular complexity index is 433. The molecule has 1 amide bonds. The van der Waals surface area contributed by atoms with E-state index in [1.54, 1.807) is 18.0 Å². The third-order valence-corrected chi connectivity index (χ3v) is 3.12. The molecule has 0 heterocycles. The van der Waals surface area contributed by atoms with Crippen LogP contribution in [0.3, 0.4) is 0 Å². The predicted octanol–water partition coefficient (Wildman–Crippen LogP) is 2.30. The van der Waals surface area contributed by atoms with Crippen molar-refractivity contribution in [2.75, 3.05) is 7.05 Å². The maximum atomic E-state index is 13.0. The van der Waals surface area contributed by atoms with Gasteiger partial charge >= 0.3 is 0 Å². The van der Waals surface area contributed by atoms with Crippen LogP contribution in [0.15, 0.2) is 18.2 Å². The van der Waals surface area contributed by atoms with Crippen molar-refractivity contribution < 1.29 is 13.6 Å². The van der Waals surface area contributed by atoms with Crippen molar-refractivity contribution in [3.05, 3.63) is 35.4 Å². The van der Waals surface area contributed by atoms with Crippen LogP contribution in [0.4, 0.5) is 8.78 Å². The van der Waals surface area contributed by atoms with E-state index in [0.29, 0.717) is 0 Å². The molecule has 1 aliphatic carbocycles. The highest BCUT2D eigenvalue weighted by Crippen LogP contribution is 2.44. The van der Waals surface area contributed by atoms with Gasteiger partial charge in [0.2, 0.25) is 5.91 Å². The summed E-state index contributed by atoms with van der Waals surface area (Å²) in [5.41, 5.74) is 0.761. The lowest BCUT2D eigenvalue weighted by Crippen LogP contribution is -2.27. The lowest BCUT2D eigenvalue weighted by molar-refractivity contribution is -0.128. The Labute approximate surface area is 92.9 Å². The molecule has 1 aromatic rings. The SMILES string of the molecule is CC(=O)N(C)[C@@H]1C[C@H]1c1ccc(F)c(F)c1. The molecule has 2 atom stereocenters. The maximum Gasteiger partial charge on any atom is 0.219 e. The van der Waals surface area contributed by atoms with Gasteiger partial charge in [0.25, 0.3) is 0 Å². The Balaban J connectivity index is 2.11. The molecule has 2 rings (SSSR count). The average molecular weight is 225 g/mol. The summed E-state index contributed by atoms with van der Waals surface area (Å²) in [6.07, 6.45) is 0.821. The van der Waals surface area contributed by atoms with Gasteiger partial charge in [-0.05, 0) is 24.1 Å². The molecule has 4 heteroatoms. The Hall–Kier alpha value is -1.45. The molecule has 0 N–H and O–H groups in total. The third kappa shape index (κ3) is 1.92. The summed E-state index contributed by atoms with van der Waals surface area (Å²) in [4.78, 5) is 12.8. The van der Waals surface area contributed by atoms with Crippen LogP contribution in [0, 0.1) is 11.6 Å². The van der Waals surface area contributed by atoms with Gasteiger partial charge in [0, 0.05) is 25.9 Å². The zero-order valence-corrected chi connectivity index (χ0v) is 9.21. The minimum atomic E-state index is -0.833. The van der Waals surface area contributed by atoms with Crippen LogP contribution >= 0.6 is 0 Å². The van der Waals surface area contributed by atoms with Crippen LogP contribution < -0.4 is 0 Å². The van der Waals surface area contributed by atoms with Crippen LogP contribution in [0.1, 0.15) is 24.8 Å². The number of hydrogen-bond acceptors (Lipinski definition) is 1. The lowest BCUT2D eigenvalue weighted by atomic mass is 10.1. The monoisotopic (exact) mass is 225 g/mol. The zero-order chi connectivity index (χ0) is 11.9. The number of amides is 1. The van der Waals surface area contributed by atoms with E-state index in [4.69, 9.17) is 0 Å². The molecule has 0 bridgehead atoms. The summed E-state index contributed by atoms with van der Waals surface area (Å²) in [5.74, 6) is -1.52. The highest BCUT2D eigenvalue weighted by Gasteiger charge is 2.42. The highest BCUT2D eigenvalue weighted by atomic mass is 19.2. The summed E-state index contributed by atoms with van der Waals surface area (Å²) in [5, 5.41) is 0. The second-order valence-corrected chi connectivity index (χ2v) is 4.21. The summed E-state index contributed by atoms with van der Waals surface area (Å²) >= 11 is 0. The Kier molecular flexibility index (Phi) is 2.66. The van der Waals surface area contributed by atoms with Crippen molar-refractivity contribution in [2.45, 2.75) is 25.3 Å². The number of halogens is 2. The van der Waals surface area contributed by atoms with Crippen LogP contribution in [-0.4, -0.2) is 23.9 Å². The van der Waals surface area contributed by atoms with Crippen LogP contribution in [0.5, 0.6) is 0 Å². The third-order valence-electron chi connectivity index (χ3n) is 3.12. The Morgan fingerprint density at radius 3 is 2.62 bits per heavy atom. The molecule has 0 aliphatic heterocycles. The second kappa shape index (κ2) is 3.85. The summed E-state index contributed by atoms with van der Waals surface area (Å²) < 4.78 is 25.7. The molecule has 0 radical (unpaired) electrons. The van der Waals surface area contributed by atoms with Crippen LogP contribution in [-0.2, 0) is 4.79 Å². The van der Waals surface area contributed by atoms with Crippen molar-refractivity contribution in [3.63, 3.8) is 0 Å². The first-order valence-corrected chi connectivity index (χ1v) is 5.19. The molecule has 1 aliphatic rings. The van der Waals surface area contributed by atoms with Gasteiger partial charge in [-0.25, -0.2) is 8.78 Å². The Morgan fingerprint density at radius 1 is 1.38 bits per heavy atom. The first kappa shape index (κ1) is 11.0. The summed E-state index contributed by atoms with van der Waals surface area (Å²) in [7, 11) is 1.73. The van der Waals surface area contributed by atoms with Crippen molar-refractivity contribution in [1.29, 1.82) is 0 Å². The van der Waals surface area contributed by atoms with Crippen LogP contribution in [0.2, 0.25) is 0 Å². The average Bonchev–Trinajstić information content (AvgIpc) is 3.00. The van der Waals surface area contributed by atoms with Crippen molar-refractivity contribution in [3.8, 4) is 0 Å². The highest BCUT2D eigenvalue weighted by molar-refractivity contribution is 5.74. The van der Waals surface area contributed by atoms with E-state index in [2.05, 4.69) is 0 Å². The van der Waals surface area contributed by atoms with E-state index in [9.17, 15) is 13.6 Å². The standard InChI is InChI=1S/C12H13F2NO/c1-7(16)15(2)12-6-9(12)8-3-4-10(13)11(14)5-8/h3-5,9,12H,6H2,1-2H3/t9-,12+/m0/s1. The molecular formula is C12H13F2NO. The smallest absolute Gasteiger partial charge is 0.219 e. The van der Waals surface area contributed by atoms with E-state index in [1.807, 2.05) is 0 Å². The van der Waals surface area contributed by atoms with E-state index in [1.165, 1.54) is 13.0 Å². The zero-order valence-electron chi connectivity index (χ0n) is 9.21. The molecule has 2 nitrogen and oxygen atoms in total. The van der Waals surface area contributed by atoms with Gasteiger partial charge in [0.15, 0.2) is 11.6 Å². The number of likely N-dealkylation sites (N-methyl/N-ethyl adjacent to an activating group) is 1. The van der Waals surface area contributed by atoms with Gasteiger partial charge in [0.05, 0.1) is 0 Å². The van der Waals surface area contributed by atoms with Crippen LogP contribution in [0.25, 0.3) is 0 Å². The number of rotatable bonds is 2. The van der Waals surface area contributed by atoms with E-state index in [0.717, 1.165) is 18.1 Å². The fourth-order valence-corrected chi connectivity index (χ4v) is 1.94. The van der Waals surface area contributed by atoms with E-state index < -0.39 is 11.6 Å². The van der Waals surface area contributed by atoms with E-state index in [-0.39, 0.29) is 17.9 Å². The Morgan fingerprint density at radius 2 is 2.06 bits per heavy atom. The van der Waals surface area contributed by atoms with Gasteiger partial charge in [-0.3, -0.25) is 4.79 Å². The predicted molar refractivity (Wildman–Crippen MR) is 55.9 cm³/mol. The number of carbonyl (C=O) groups is 1. The molecule has 1 saturated carbocycles.